The van der Waals surface area contributed by atoms with Crippen LogP contribution >= 0.6 is 0 Å². The van der Waals surface area contributed by atoms with Gasteiger partial charge in [-0.2, -0.15) is 0 Å². The number of halogens is 1. The van der Waals surface area contributed by atoms with Crippen LogP contribution in [0.2, 0.25) is 0 Å². The molecule has 1 aliphatic heterocycles. The van der Waals surface area contributed by atoms with Crippen LogP contribution in [-0.2, 0) is 22.9 Å². The van der Waals surface area contributed by atoms with Crippen molar-refractivity contribution < 1.29 is 17.7 Å². The Balaban J connectivity index is 1.87. The Labute approximate surface area is 145 Å². The molecular weight excluding hydrogens is 347 g/mol. The van der Waals surface area contributed by atoms with Gasteiger partial charge in [-0.1, -0.05) is 24.3 Å². The summed E-state index contributed by atoms with van der Waals surface area (Å²) in [4.78, 5) is 10.4. The highest BCUT2D eigenvalue weighted by molar-refractivity contribution is 7.92. The zero-order valence-electron chi connectivity index (χ0n) is 13.4. The molecule has 0 aliphatic carbocycles. The summed E-state index contributed by atoms with van der Waals surface area (Å²) in [6.45, 7) is 0.272. The van der Waals surface area contributed by atoms with Crippen molar-refractivity contribution in [1.82, 2.24) is 0 Å². The molecule has 0 saturated carbocycles. The van der Waals surface area contributed by atoms with Gasteiger partial charge in [-0.3, -0.25) is 14.4 Å². The summed E-state index contributed by atoms with van der Waals surface area (Å²) in [7, 11) is -3.71. The average Bonchev–Trinajstić information content (AvgIpc) is 2.60. The lowest BCUT2D eigenvalue weighted by Crippen LogP contribution is -2.37. The van der Waals surface area contributed by atoms with Crippen LogP contribution in [0.3, 0.4) is 0 Å². The standard InChI is InChI=1S/C17H17FN2O4S/c18-16-6-2-1-4-13(16)9-11-25(23,24)19-10-3-5-14-7-8-15(20(21)22)12-17(14)19/h1-2,4,6-8,12H,3,5,9-11H2. The fourth-order valence-corrected chi connectivity index (χ4v) is 4.56. The number of nitro benzene ring substituents is 1. The lowest BCUT2D eigenvalue weighted by Gasteiger charge is -2.30. The fraction of sp³-hybridized carbons (Fsp3) is 0.294. The molecule has 6 nitrogen and oxygen atoms in total. The molecule has 1 heterocycles. The third kappa shape index (κ3) is 3.63. The van der Waals surface area contributed by atoms with E-state index < -0.39 is 20.8 Å². The van der Waals surface area contributed by atoms with Gasteiger partial charge in [-0.25, -0.2) is 12.8 Å². The molecule has 0 atom stereocenters. The molecule has 0 spiro atoms. The molecule has 2 aromatic rings. The number of benzene rings is 2. The molecule has 2 aromatic carbocycles. The maximum Gasteiger partial charge on any atom is 0.271 e. The first kappa shape index (κ1) is 17.3. The lowest BCUT2D eigenvalue weighted by molar-refractivity contribution is -0.384. The number of anilines is 1. The summed E-state index contributed by atoms with van der Waals surface area (Å²) in [5, 5.41) is 11.0. The van der Waals surface area contributed by atoms with E-state index in [-0.39, 0.29) is 24.4 Å². The number of aryl methyl sites for hydroxylation is 2. The van der Waals surface area contributed by atoms with Crippen LogP contribution in [0.1, 0.15) is 17.5 Å². The zero-order chi connectivity index (χ0) is 18.0. The van der Waals surface area contributed by atoms with E-state index in [1.54, 1.807) is 24.3 Å². The highest BCUT2D eigenvalue weighted by Crippen LogP contribution is 2.33. The van der Waals surface area contributed by atoms with E-state index in [1.165, 1.54) is 22.5 Å². The molecule has 0 N–H and O–H groups in total. The molecule has 0 unspecified atom stereocenters. The van der Waals surface area contributed by atoms with E-state index in [2.05, 4.69) is 0 Å². The monoisotopic (exact) mass is 364 g/mol. The van der Waals surface area contributed by atoms with E-state index in [1.807, 2.05) is 0 Å². The Morgan fingerprint density at radius 1 is 1.20 bits per heavy atom. The van der Waals surface area contributed by atoms with Crippen molar-refractivity contribution in [3.05, 3.63) is 69.5 Å². The second-order valence-electron chi connectivity index (χ2n) is 5.90. The Kier molecular flexibility index (Phi) is 4.71. The number of non-ortho nitro benzene ring substituents is 1. The minimum Gasteiger partial charge on any atom is -0.270 e. The average molecular weight is 364 g/mol. The summed E-state index contributed by atoms with van der Waals surface area (Å²) in [6.07, 6.45) is 1.37. The molecule has 0 amide bonds. The van der Waals surface area contributed by atoms with Crippen LogP contribution in [0.25, 0.3) is 0 Å². The van der Waals surface area contributed by atoms with Gasteiger partial charge in [-0.15, -0.1) is 0 Å². The van der Waals surface area contributed by atoms with Crippen LogP contribution in [0.4, 0.5) is 15.8 Å². The van der Waals surface area contributed by atoms with E-state index in [9.17, 15) is 22.9 Å². The van der Waals surface area contributed by atoms with Crippen LogP contribution in [-0.4, -0.2) is 25.6 Å². The third-order valence-corrected chi connectivity index (χ3v) is 6.05. The van der Waals surface area contributed by atoms with Crippen LogP contribution < -0.4 is 4.31 Å². The highest BCUT2D eigenvalue weighted by Gasteiger charge is 2.29. The van der Waals surface area contributed by atoms with Gasteiger partial charge in [0.15, 0.2) is 0 Å². The molecule has 0 radical (unpaired) electrons. The summed E-state index contributed by atoms with van der Waals surface area (Å²) in [5.74, 6) is -0.692. The smallest absolute Gasteiger partial charge is 0.270 e. The normalized spacial score (nSPS) is 14.2. The molecule has 0 aromatic heterocycles. The molecular formula is C17H17FN2O4S. The molecule has 1 aliphatic rings. The second-order valence-corrected chi connectivity index (χ2v) is 7.92. The van der Waals surface area contributed by atoms with Gasteiger partial charge in [0.25, 0.3) is 5.69 Å². The van der Waals surface area contributed by atoms with Crippen molar-refractivity contribution in [1.29, 1.82) is 0 Å². The molecule has 0 saturated heterocycles. The zero-order valence-corrected chi connectivity index (χ0v) is 14.2. The molecule has 0 bridgehead atoms. The quantitative estimate of drug-likeness (QED) is 0.603. The minimum absolute atomic E-state index is 0.0514. The largest absolute Gasteiger partial charge is 0.271 e. The van der Waals surface area contributed by atoms with Gasteiger partial charge in [0.05, 0.1) is 16.4 Å². The van der Waals surface area contributed by atoms with Gasteiger partial charge < -0.3 is 0 Å². The SMILES string of the molecule is O=[N+]([O-])c1ccc2c(c1)N(S(=O)(=O)CCc1ccccc1F)CCC2. The molecule has 3 rings (SSSR count). The first-order chi connectivity index (χ1) is 11.9. The summed E-state index contributed by atoms with van der Waals surface area (Å²) >= 11 is 0. The number of fused-ring (bicyclic) bond motifs is 1. The van der Waals surface area contributed by atoms with Crippen molar-refractivity contribution in [2.75, 3.05) is 16.6 Å². The van der Waals surface area contributed by atoms with Crippen LogP contribution in [0.15, 0.2) is 42.5 Å². The second kappa shape index (κ2) is 6.79. The van der Waals surface area contributed by atoms with Gasteiger partial charge in [-0.05, 0) is 36.5 Å². The number of rotatable bonds is 5. The van der Waals surface area contributed by atoms with Gasteiger partial charge in [0.2, 0.25) is 10.0 Å². The maximum absolute atomic E-state index is 13.7. The Morgan fingerprint density at radius 3 is 2.68 bits per heavy atom. The molecule has 8 heteroatoms. The molecule has 132 valence electrons. The number of nitro groups is 1. The molecule has 0 fully saturated rings. The Morgan fingerprint density at radius 2 is 1.96 bits per heavy atom. The number of hydrogen-bond donors (Lipinski definition) is 0. The van der Waals surface area contributed by atoms with E-state index >= 15 is 0 Å². The number of nitrogens with zero attached hydrogens (tertiary/aromatic N) is 2. The summed E-state index contributed by atoms with van der Waals surface area (Å²) < 4.78 is 40.4. The summed E-state index contributed by atoms with van der Waals surface area (Å²) in [6, 6.07) is 10.3. The van der Waals surface area contributed by atoms with Crippen LogP contribution in [0, 0.1) is 15.9 Å². The van der Waals surface area contributed by atoms with Crippen molar-refractivity contribution in [3.63, 3.8) is 0 Å². The number of sulfonamides is 1. The van der Waals surface area contributed by atoms with Crippen molar-refractivity contribution in [2.45, 2.75) is 19.3 Å². The highest BCUT2D eigenvalue weighted by atomic mass is 32.2. The molecule has 25 heavy (non-hydrogen) atoms. The van der Waals surface area contributed by atoms with E-state index in [4.69, 9.17) is 0 Å². The Hall–Kier alpha value is -2.48. The van der Waals surface area contributed by atoms with Gasteiger partial charge in [0, 0.05) is 18.7 Å². The van der Waals surface area contributed by atoms with E-state index in [0.717, 1.165) is 5.56 Å². The lowest BCUT2D eigenvalue weighted by atomic mass is 10.0. The number of hydrogen-bond acceptors (Lipinski definition) is 4. The predicted octanol–water partition coefficient (Wildman–Crippen LogP) is 3.06. The topological polar surface area (TPSA) is 80.5 Å². The first-order valence-electron chi connectivity index (χ1n) is 7.89. The van der Waals surface area contributed by atoms with Crippen molar-refractivity contribution in [2.24, 2.45) is 0 Å². The fourth-order valence-electron chi connectivity index (χ4n) is 2.98. The van der Waals surface area contributed by atoms with Crippen LogP contribution in [0.5, 0.6) is 0 Å². The minimum atomic E-state index is -3.71. The van der Waals surface area contributed by atoms with Gasteiger partial charge in [0.1, 0.15) is 5.82 Å². The van der Waals surface area contributed by atoms with Crippen molar-refractivity contribution in [3.8, 4) is 0 Å². The first-order valence-corrected chi connectivity index (χ1v) is 9.50. The predicted molar refractivity (Wildman–Crippen MR) is 92.7 cm³/mol. The third-order valence-electron chi connectivity index (χ3n) is 4.28. The maximum atomic E-state index is 13.7. The summed E-state index contributed by atoms with van der Waals surface area (Å²) in [5.41, 5.74) is 1.32. The van der Waals surface area contributed by atoms with E-state index in [0.29, 0.717) is 24.1 Å². The van der Waals surface area contributed by atoms with Crippen molar-refractivity contribution >= 4 is 21.4 Å². The Bertz CT molecular complexity index is 915. The van der Waals surface area contributed by atoms with Gasteiger partial charge >= 0.3 is 0 Å².